The number of aliphatic hydroxyl groups is 5. The summed E-state index contributed by atoms with van der Waals surface area (Å²) < 4.78 is 39.1. The molecule has 456 valence electrons. The molecule has 5 aliphatic rings. The number of aromatic nitrogens is 2. The standard InChI is InChI=1S/C62H74N4O19/c1-34-31-66(45-28-40(69)42(32-67)81-45)58(78)65(54(34)74)27-19-8-7-18-26-63-57(77)83-49-46-35(2)41(82-56(76)48(71)47(37-20-12-9-13-21-37)64-53(73)38-22-14-10-15-23-38)30-62(79,59(46,4)5)52(84-55(75)39-24-16-11-17-25-39)50-60(6,51(49)72)43(70)29-44-61(50,33-80-44)85-36(3)68/h9-17,20-25,31,40-45,47-50,52,67,69-71,79H,7-8,18-19,26-30,32-33H2,1-6H3,(H,63,77)(H,64,73)/t40?,41-,42-,43-,44+,45-,47-,48+,49+,50-,52-,60?,61-,62+/m0/s1. The topological polar surface area (TPSA) is 327 Å². The third-order valence-electron chi connectivity index (χ3n) is 18.1. The van der Waals surface area contributed by atoms with Crippen LogP contribution in [0.15, 0.2) is 118 Å². The van der Waals surface area contributed by atoms with Gasteiger partial charge in [-0.3, -0.25) is 28.3 Å². The highest BCUT2D eigenvalue weighted by Crippen LogP contribution is 2.64. The van der Waals surface area contributed by atoms with Gasteiger partial charge in [-0.25, -0.2) is 19.2 Å². The molecule has 4 fully saturated rings. The molecule has 2 bridgehead atoms. The van der Waals surface area contributed by atoms with Gasteiger partial charge in [-0.2, -0.15) is 0 Å². The van der Waals surface area contributed by atoms with Crippen molar-refractivity contribution in [1.29, 1.82) is 0 Å². The highest BCUT2D eigenvalue weighted by Gasteiger charge is 2.78. The number of ketones is 1. The third-order valence-corrected chi connectivity index (χ3v) is 18.1. The first-order chi connectivity index (χ1) is 40.4. The van der Waals surface area contributed by atoms with Crippen molar-refractivity contribution in [3.05, 3.63) is 151 Å². The fourth-order valence-electron chi connectivity index (χ4n) is 13.3. The zero-order valence-corrected chi connectivity index (χ0v) is 48.2. The number of carbonyl (C=O) groups excluding carboxylic acids is 6. The number of fused-ring (bicyclic) bond motifs is 5. The van der Waals surface area contributed by atoms with Crippen molar-refractivity contribution < 1.29 is 82.7 Å². The average Bonchev–Trinajstić information content (AvgIpc) is 0.928. The van der Waals surface area contributed by atoms with Crippen molar-refractivity contribution >= 4 is 35.7 Å². The van der Waals surface area contributed by atoms with E-state index in [2.05, 4.69) is 10.6 Å². The Hall–Kier alpha value is -7.38. The van der Waals surface area contributed by atoms with E-state index in [4.69, 9.17) is 28.4 Å². The number of rotatable bonds is 19. The second-order valence-corrected chi connectivity index (χ2v) is 23.6. The van der Waals surface area contributed by atoms with Crippen LogP contribution in [0.5, 0.6) is 0 Å². The van der Waals surface area contributed by atoms with Crippen LogP contribution in [0.25, 0.3) is 0 Å². The molecule has 4 aromatic rings. The number of nitrogens with one attached hydrogen (secondary N) is 2. The third kappa shape index (κ3) is 11.6. The van der Waals surface area contributed by atoms with E-state index in [0.717, 1.165) is 11.5 Å². The molecule has 23 heteroatoms. The molecule has 23 nitrogen and oxygen atoms in total. The quantitative estimate of drug-likeness (QED) is 0.0306. The van der Waals surface area contributed by atoms with Crippen LogP contribution in [0.4, 0.5) is 4.79 Å². The van der Waals surface area contributed by atoms with E-state index in [0.29, 0.717) is 31.2 Å². The molecule has 2 saturated heterocycles. The van der Waals surface area contributed by atoms with Crippen molar-refractivity contribution in [3.8, 4) is 0 Å². The Balaban J connectivity index is 1.03. The average molecular weight is 1180 g/mol. The first kappa shape index (κ1) is 62.2. The minimum absolute atomic E-state index is 0.00813. The fourth-order valence-corrected chi connectivity index (χ4v) is 13.3. The monoisotopic (exact) mass is 1180 g/mol. The summed E-state index contributed by atoms with van der Waals surface area (Å²) in [4.78, 5) is 113. The molecular weight excluding hydrogens is 1100 g/mol. The highest BCUT2D eigenvalue weighted by atomic mass is 16.6. The Morgan fingerprint density at radius 2 is 1.46 bits per heavy atom. The van der Waals surface area contributed by atoms with Gasteiger partial charge in [-0.15, -0.1) is 0 Å². The first-order valence-electron chi connectivity index (χ1n) is 28.6. The van der Waals surface area contributed by atoms with Crippen LogP contribution in [0.2, 0.25) is 0 Å². The minimum Gasteiger partial charge on any atom is -0.456 e. The summed E-state index contributed by atoms with van der Waals surface area (Å²) >= 11 is 0. The molecule has 0 spiro atoms. The molecule has 2 unspecified atom stereocenters. The Labute approximate surface area is 489 Å². The zero-order chi connectivity index (χ0) is 61.3. The fraction of sp³-hybridized carbons (Fsp3) is 0.516. The maximum atomic E-state index is 16.2. The van der Waals surface area contributed by atoms with Crippen LogP contribution in [-0.4, -0.2) is 150 Å². The molecule has 3 heterocycles. The number of esters is 3. The van der Waals surface area contributed by atoms with Crippen molar-refractivity contribution in [3.63, 3.8) is 0 Å². The number of aryl methyl sites for hydroxylation is 1. The van der Waals surface area contributed by atoms with Gasteiger partial charge in [0.25, 0.3) is 11.5 Å². The summed E-state index contributed by atoms with van der Waals surface area (Å²) in [5.41, 5.74) is -8.67. The van der Waals surface area contributed by atoms with E-state index in [9.17, 15) is 59.1 Å². The first-order valence-corrected chi connectivity index (χ1v) is 28.6. The zero-order valence-electron chi connectivity index (χ0n) is 48.2. The summed E-state index contributed by atoms with van der Waals surface area (Å²) in [7, 11) is 0. The van der Waals surface area contributed by atoms with Gasteiger partial charge in [0.1, 0.15) is 36.2 Å². The molecule has 85 heavy (non-hydrogen) atoms. The maximum absolute atomic E-state index is 16.2. The van der Waals surface area contributed by atoms with E-state index in [1.54, 1.807) is 85.8 Å². The van der Waals surface area contributed by atoms with Gasteiger partial charge >= 0.3 is 29.7 Å². The van der Waals surface area contributed by atoms with Crippen molar-refractivity contribution in [2.24, 2.45) is 16.7 Å². The molecule has 2 amide bonds. The molecule has 0 radical (unpaired) electrons. The molecule has 3 aromatic carbocycles. The number of nitrogens with zero attached hydrogens (tertiary/aromatic N) is 2. The van der Waals surface area contributed by atoms with Crippen LogP contribution in [0.3, 0.4) is 0 Å². The van der Waals surface area contributed by atoms with Gasteiger partial charge in [0.2, 0.25) is 0 Å². The maximum Gasteiger partial charge on any atom is 0.408 e. The second-order valence-electron chi connectivity index (χ2n) is 23.6. The van der Waals surface area contributed by atoms with E-state index >= 15 is 4.79 Å². The van der Waals surface area contributed by atoms with E-state index < -0.39 is 149 Å². The lowest BCUT2D eigenvalue weighted by molar-refractivity contribution is -0.345. The van der Waals surface area contributed by atoms with Crippen molar-refractivity contribution in [1.82, 2.24) is 19.8 Å². The van der Waals surface area contributed by atoms with Gasteiger partial charge in [-0.1, -0.05) is 93.4 Å². The number of benzene rings is 3. The number of carbonyl (C=O) groups is 6. The van der Waals surface area contributed by atoms with Gasteiger partial charge in [-0.05, 0) is 74.6 Å². The Morgan fingerprint density at radius 3 is 2.07 bits per heavy atom. The number of alkyl carbamates (subject to hydrolysis) is 1. The van der Waals surface area contributed by atoms with Crippen LogP contribution in [-0.2, 0) is 49.3 Å². The molecule has 14 atom stereocenters. The Morgan fingerprint density at radius 1 is 0.824 bits per heavy atom. The number of ether oxygens (including phenoxy) is 6. The predicted octanol–water partition coefficient (Wildman–Crippen LogP) is 3.43. The summed E-state index contributed by atoms with van der Waals surface area (Å²) in [6.45, 7) is 7.82. The Kier molecular flexibility index (Phi) is 18.2. The van der Waals surface area contributed by atoms with Crippen molar-refractivity contribution in [2.75, 3.05) is 19.8 Å². The van der Waals surface area contributed by atoms with Gasteiger partial charge < -0.3 is 64.6 Å². The lowest BCUT2D eigenvalue weighted by Crippen LogP contribution is -2.82. The van der Waals surface area contributed by atoms with Crippen molar-refractivity contribution in [2.45, 2.75) is 165 Å². The van der Waals surface area contributed by atoms with E-state index in [1.165, 1.54) is 50.6 Å². The molecule has 3 aliphatic carbocycles. The molecular formula is C62H74N4O19. The molecule has 2 saturated carbocycles. The molecule has 9 rings (SSSR count). The summed E-state index contributed by atoms with van der Waals surface area (Å²) in [6.07, 6.45) is -12.1. The van der Waals surface area contributed by atoms with Gasteiger partial charge in [0.15, 0.2) is 23.6 Å². The minimum atomic E-state index is -2.51. The second kappa shape index (κ2) is 24.9. The number of hydrogen-bond donors (Lipinski definition) is 7. The van der Waals surface area contributed by atoms with Crippen LogP contribution in [0, 0.1) is 23.7 Å². The SMILES string of the molecule is CC(=O)O[C@@]12CO[C@@H]1C[C@H](O)C1(C)C(=O)[C@H](OC(=O)NCCCCCCn3c(=O)c(C)cn([C@@H]4CC(O)[C@H](CO)O4)c3=O)C3=C(C)[C@@H](OC(=O)[C@H](O)[C@@H](NC(=O)c4ccccc4)c4ccccc4)C[C@@](O)([C@@H](OC(=O)c4ccccc4)[C@@H]12)C3(C)C. The highest BCUT2D eigenvalue weighted by molar-refractivity contribution is 5.96. The predicted molar refractivity (Wildman–Crippen MR) is 300 cm³/mol. The summed E-state index contributed by atoms with van der Waals surface area (Å²) in [5, 5.41) is 63.8. The Bertz CT molecular complexity index is 3320. The number of amides is 2. The number of aliphatic hydroxyl groups excluding tert-OH is 4. The number of Topliss-reactive ketones (excluding diaryl/α,β-unsaturated/α-hetero) is 1. The lowest BCUT2D eigenvalue weighted by atomic mass is 9.44. The van der Waals surface area contributed by atoms with Crippen LogP contribution < -0.4 is 21.9 Å². The molecule has 2 aliphatic heterocycles. The normalized spacial score (nSPS) is 30.0. The smallest absolute Gasteiger partial charge is 0.408 e. The largest absolute Gasteiger partial charge is 0.456 e. The van der Waals surface area contributed by atoms with E-state index in [1.807, 2.05) is 0 Å². The lowest BCUT2D eigenvalue weighted by Gasteiger charge is -2.67. The molecule has 7 N–H and O–H groups in total. The van der Waals surface area contributed by atoms with Crippen LogP contribution >= 0.6 is 0 Å². The molecule has 1 aromatic heterocycles. The summed E-state index contributed by atoms with van der Waals surface area (Å²) in [6, 6.07) is 22.6. The number of hydrogen-bond acceptors (Lipinski definition) is 19. The van der Waals surface area contributed by atoms with Gasteiger partial charge in [0.05, 0.1) is 48.4 Å². The summed E-state index contributed by atoms with van der Waals surface area (Å²) in [5.74, 6) is -6.34. The van der Waals surface area contributed by atoms with Gasteiger partial charge in [0, 0.05) is 62.0 Å². The van der Waals surface area contributed by atoms with E-state index in [-0.39, 0.29) is 60.4 Å². The number of unbranched alkanes of at least 4 members (excludes halogenated alkanes) is 3. The van der Waals surface area contributed by atoms with Crippen LogP contribution in [0.1, 0.15) is 124 Å².